The van der Waals surface area contributed by atoms with Gasteiger partial charge in [0.15, 0.2) is 0 Å². The average Bonchev–Trinajstić information content (AvgIpc) is 2.80. The summed E-state index contributed by atoms with van der Waals surface area (Å²) in [5.74, 6) is -0.307. The molecule has 1 aromatic rings. The van der Waals surface area contributed by atoms with Gasteiger partial charge in [-0.2, -0.15) is 5.26 Å². The number of methoxy groups -OCH3 is 1. The number of thiophene rings is 1. The second-order valence-corrected chi connectivity index (χ2v) is 5.63. The lowest BCUT2D eigenvalue weighted by molar-refractivity contribution is 0.00886. The molecule has 0 bridgehead atoms. The van der Waals surface area contributed by atoms with Crippen LogP contribution in [0.5, 0.6) is 0 Å². The average molecular weight is 280 g/mol. The molecular weight excluding hydrogens is 264 g/mol. The molecule has 1 aliphatic heterocycles. The number of carbonyl (C=O) groups is 1. The van der Waals surface area contributed by atoms with Crippen molar-refractivity contribution < 1.29 is 14.3 Å². The normalized spacial score (nSPS) is 19.9. The summed E-state index contributed by atoms with van der Waals surface area (Å²) in [6.45, 7) is 4.48. The van der Waals surface area contributed by atoms with Gasteiger partial charge in [-0.3, -0.25) is 4.90 Å². The van der Waals surface area contributed by atoms with Crippen molar-refractivity contribution in [3.8, 4) is 6.07 Å². The Morgan fingerprint density at radius 2 is 2.53 bits per heavy atom. The first-order valence-corrected chi connectivity index (χ1v) is 6.86. The molecule has 2 rings (SSSR count). The minimum absolute atomic E-state index is 0.213. The van der Waals surface area contributed by atoms with E-state index in [2.05, 4.69) is 11.0 Å². The second-order valence-electron chi connectivity index (χ2n) is 4.37. The Bertz CT molecular complexity index is 506. The minimum atomic E-state index is -0.307. The van der Waals surface area contributed by atoms with Crippen LogP contribution in [0.4, 0.5) is 0 Å². The van der Waals surface area contributed by atoms with E-state index in [1.54, 1.807) is 0 Å². The zero-order valence-electron chi connectivity index (χ0n) is 11.0. The molecule has 0 aliphatic carbocycles. The molecule has 1 fully saturated rings. The van der Waals surface area contributed by atoms with Crippen LogP contribution >= 0.6 is 11.3 Å². The summed E-state index contributed by atoms with van der Waals surface area (Å²) >= 11 is 1.43. The number of nitriles is 1. The fourth-order valence-electron chi connectivity index (χ4n) is 2.04. The lowest BCUT2D eigenvalue weighted by Crippen LogP contribution is -2.43. The highest BCUT2D eigenvalue weighted by atomic mass is 32.1. The zero-order valence-corrected chi connectivity index (χ0v) is 11.8. The van der Waals surface area contributed by atoms with Crippen LogP contribution in [0.1, 0.15) is 20.1 Å². The van der Waals surface area contributed by atoms with Gasteiger partial charge in [-0.05, 0) is 18.6 Å². The number of carbonyl (C=O) groups excluding carboxylic acids is 1. The highest BCUT2D eigenvalue weighted by Crippen LogP contribution is 2.24. The van der Waals surface area contributed by atoms with Crippen molar-refractivity contribution in [3.63, 3.8) is 0 Å². The molecule has 19 heavy (non-hydrogen) atoms. The van der Waals surface area contributed by atoms with Gasteiger partial charge < -0.3 is 9.47 Å². The highest BCUT2D eigenvalue weighted by Gasteiger charge is 2.24. The second kappa shape index (κ2) is 6.15. The van der Waals surface area contributed by atoms with Gasteiger partial charge in [0, 0.05) is 18.0 Å². The van der Waals surface area contributed by atoms with E-state index < -0.39 is 0 Å². The number of nitrogens with zero attached hydrogens (tertiary/aromatic N) is 2. The van der Waals surface area contributed by atoms with Crippen molar-refractivity contribution in [2.75, 3.05) is 26.9 Å². The zero-order chi connectivity index (χ0) is 13.8. The molecule has 2 heterocycles. The molecule has 6 heteroatoms. The summed E-state index contributed by atoms with van der Waals surface area (Å²) in [4.78, 5) is 15.3. The van der Waals surface area contributed by atoms with E-state index in [1.165, 1.54) is 18.4 Å². The summed E-state index contributed by atoms with van der Waals surface area (Å²) < 4.78 is 10.0. The van der Waals surface area contributed by atoms with E-state index in [-0.39, 0.29) is 12.0 Å². The number of hydrogen-bond acceptors (Lipinski definition) is 6. The quantitative estimate of drug-likeness (QED) is 0.786. The standard InChI is InChI=1S/C13H16N2O3S/c1-9-10(5-12(19-9)13(16)17-2)7-15-3-4-18-8-11(15)6-14/h5,11H,3-4,7-8H2,1-2H3/t11-/m1/s1. The van der Waals surface area contributed by atoms with E-state index in [0.717, 1.165) is 17.0 Å². The van der Waals surface area contributed by atoms with Gasteiger partial charge in [0.1, 0.15) is 10.9 Å². The van der Waals surface area contributed by atoms with Gasteiger partial charge >= 0.3 is 5.97 Å². The van der Waals surface area contributed by atoms with Crippen molar-refractivity contribution in [3.05, 3.63) is 21.4 Å². The topological polar surface area (TPSA) is 62.6 Å². The molecular formula is C13H16N2O3S. The maximum absolute atomic E-state index is 11.5. The van der Waals surface area contributed by atoms with Crippen LogP contribution in [-0.2, 0) is 16.0 Å². The van der Waals surface area contributed by atoms with Crippen LogP contribution in [0.3, 0.4) is 0 Å². The summed E-state index contributed by atoms with van der Waals surface area (Å²) in [6.07, 6.45) is 0. The highest BCUT2D eigenvalue weighted by molar-refractivity contribution is 7.14. The van der Waals surface area contributed by atoms with Crippen LogP contribution in [0.2, 0.25) is 0 Å². The molecule has 0 unspecified atom stereocenters. The molecule has 0 radical (unpaired) electrons. The lowest BCUT2D eigenvalue weighted by Gasteiger charge is -2.31. The van der Waals surface area contributed by atoms with Crippen molar-refractivity contribution in [1.29, 1.82) is 5.26 Å². The molecule has 0 saturated carbocycles. The fourth-order valence-corrected chi connectivity index (χ4v) is 3.00. The van der Waals surface area contributed by atoms with E-state index >= 15 is 0 Å². The van der Waals surface area contributed by atoms with Gasteiger partial charge in [-0.15, -0.1) is 11.3 Å². The number of aryl methyl sites for hydroxylation is 1. The first-order chi connectivity index (χ1) is 9.15. The van der Waals surface area contributed by atoms with Gasteiger partial charge in [-0.25, -0.2) is 4.79 Å². The first kappa shape index (κ1) is 14.0. The van der Waals surface area contributed by atoms with Crippen LogP contribution in [0.25, 0.3) is 0 Å². The van der Waals surface area contributed by atoms with Crippen LogP contribution in [-0.4, -0.2) is 43.8 Å². The largest absolute Gasteiger partial charge is 0.465 e. The molecule has 5 nitrogen and oxygen atoms in total. The molecule has 102 valence electrons. The summed E-state index contributed by atoms with van der Waals surface area (Å²) in [6, 6.07) is 3.89. The molecule has 1 aliphatic rings. The molecule has 1 saturated heterocycles. The number of esters is 1. The van der Waals surface area contributed by atoms with E-state index in [1.807, 2.05) is 13.0 Å². The fraction of sp³-hybridized carbons (Fsp3) is 0.538. The van der Waals surface area contributed by atoms with Gasteiger partial charge in [0.25, 0.3) is 0 Å². The molecule has 1 atom stereocenters. The van der Waals surface area contributed by atoms with E-state index in [4.69, 9.17) is 14.7 Å². The van der Waals surface area contributed by atoms with Crippen LogP contribution in [0, 0.1) is 18.3 Å². The Hall–Kier alpha value is -1.42. The minimum Gasteiger partial charge on any atom is -0.465 e. The number of morpholine rings is 1. The van der Waals surface area contributed by atoms with Gasteiger partial charge in [-0.1, -0.05) is 0 Å². The monoisotopic (exact) mass is 280 g/mol. The molecule has 1 aromatic heterocycles. The van der Waals surface area contributed by atoms with Crippen LogP contribution < -0.4 is 0 Å². The lowest BCUT2D eigenvalue weighted by atomic mass is 10.2. The third-order valence-corrected chi connectivity index (χ3v) is 4.24. The van der Waals surface area contributed by atoms with Gasteiger partial charge in [0.2, 0.25) is 0 Å². The van der Waals surface area contributed by atoms with Crippen molar-refractivity contribution >= 4 is 17.3 Å². The first-order valence-electron chi connectivity index (χ1n) is 6.04. The van der Waals surface area contributed by atoms with E-state index in [9.17, 15) is 4.79 Å². The maximum atomic E-state index is 11.5. The third-order valence-electron chi connectivity index (χ3n) is 3.17. The van der Waals surface area contributed by atoms with Gasteiger partial charge in [0.05, 0.1) is 26.4 Å². The Labute approximate surface area is 116 Å². The van der Waals surface area contributed by atoms with Crippen molar-refractivity contribution in [2.45, 2.75) is 19.5 Å². The Morgan fingerprint density at radius 1 is 1.74 bits per heavy atom. The molecule has 0 N–H and O–H groups in total. The third kappa shape index (κ3) is 3.13. The Morgan fingerprint density at radius 3 is 3.21 bits per heavy atom. The van der Waals surface area contributed by atoms with E-state index in [0.29, 0.717) is 24.6 Å². The SMILES string of the molecule is COC(=O)c1cc(CN2CCOC[C@H]2C#N)c(C)s1. The Balaban J connectivity index is 2.12. The maximum Gasteiger partial charge on any atom is 0.348 e. The Kier molecular flexibility index (Phi) is 4.53. The summed E-state index contributed by atoms with van der Waals surface area (Å²) in [5, 5.41) is 9.10. The van der Waals surface area contributed by atoms with Crippen molar-refractivity contribution in [1.82, 2.24) is 4.90 Å². The summed E-state index contributed by atoms with van der Waals surface area (Å²) in [7, 11) is 1.38. The number of hydrogen-bond donors (Lipinski definition) is 0. The molecule has 0 amide bonds. The smallest absolute Gasteiger partial charge is 0.348 e. The predicted octanol–water partition coefficient (Wildman–Crippen LogP) is 1.57. The summed E-state index contributed by atoms with van der Waals surface area (Å²) in [5.41, 5.74) is 1.08. The number of ether oxygens (including phenoxy) is 2. The van der Waals surface area contributed by atoms with Crippen molar-refractivity contribution in [2.24, 2.45) is 0 Å². The predicted molar refractivity (Wildman–Crippen MR) is 71.0 cm³/mol. The van der Waals surface area contributed by atoms with Crippen LogP contribution in [0.15, 0.2) is 6.07 Å². The molecule has 0 aromatic carbocycles. The molecule has 0 spiro atoms. The number of rotatable bonds is 3.